The SMILES string of the molecule is C=C1CCCCCCCC2(CCCCCCC1)OCCO2. The van der Waals surface area contributed by atoms with Crippen molar-refractivity contribution in [1.82, 2.24) is 0 Å². The van der Waals surface area contributed by atoms with Crippen LogP contribution >= 0.6 is 0 Å². The predicted molar refractivity (Wildman–Crippen MR) is 88.4 cm³/mol. The maximum Gasteiger partial charge on any atom is 0.168 e. The third-order valence-electron chi connectivity index (χ3n) is 4.99. The number of hydrogen-bond donors (Lipinski definition) is 0. The molecule has 1 aliphatic carbocycles. The van der Waals surface area contributed by atoms with Crippen molar-refractivity contribution in [3.8, 4) is 0 Å². The quantitative estimate of drug-likeness (QED) is 0.529. The Bertz CT molecular complexity index is 270. The zero-order valence-electron chi connectivity index (χ0n) is 13.8. The van der Waals surface area contributed by atoms with Crippen LogP contribution in [0.5, 0.6) is 0 Å². The first kappa shape index (κ1) is 17.0. The van der Waals surface area contributed by atoms with Crippen LogP contribution in [0.3, 0.4) is 0 Å². The van der Waals surface area contributed by atoms with Crippen molar-refractivity contribution in [2.45, 2.75) is 95.7 Å². The van der Waals surface area contributed by atoms with Crippen molar-refractivity contribution < 1.29 is 9.47 Å². The molecule has 0 N–H and O–H groups in total. The summed E-state index contributed by atoms with van der Waals surface area (Å²) >= 11 is 0. The molecule has 122 valence electrons. The second kappa shape index (κ2) is 9.63. The minimum absolute atomic E-state index is 0.217. The standard InChI is InChI=1S/C19H34O2/c1-18-12-8-4-2-6-10-14-19(20-16-17-21-19)15-11-7-3-5-9-13-18/h1-17H2. The fourth-order valence-corrected chi connectivity index (χ4v) is 3.64. The summed E-state index contributed by atoms with van der Waals surface area (Å²) < 4.78 is 11.9. The van der Waals surface area contributed by atoms with E-state index in [1.807, 2.05) is 0 Å². The van der Waals surface area contributed by atoms with Gasteiger partial charge in [0.2, 0.25) is 0 Å². The third kappa shape index (κ3) is 6.52. The van der Waals surface area contributed by atoms with Crippen LogP contribution in [0.15, 0.2) is 12.2 Å². The molecule has 1 saturated heterocycles. The van der Waals surface area contributed by atoms with Crippen molar-refractivity contribution in [1.29, 1.82) is 0 Å². The van der Waals surface area contributed by atoms with Crippen molar-refractivity contribution in [3.63, 3.8) is 0 Å². The van der Waals surface area contributed by atoms with Gasteiger partial charge >= 0.3 is 0 Å². The summed E-state index contributed by atoms with van der Waals surface area (Å²) in [6, 6.07) is 0. The van der Waals surface area contributed by atoms with Gasteiger partial charge in [-0.1, -0.05) is 50.7 Å². The molecule has 21 heavy (non-hydrogen) atoms. The lowest BCUT2D eigenvalue weighted by Gasteiger charge is -2.27. The zero-order valence-corrected chi connectivity index (χ0v) is 13.8. The summed E-state index contributed by atoms with van der Waals surface area (Å²) in [7, 11) is 0. The van der Waals surface area contributed by atoms with Crippen molar-refractivity contribution >= 4 is 0 Å². The Balaban J connectivity index is 1.75. The Kier molecular flexibility index (Phi) is 7.81. The van der Waals surface area contributed by atoms with Crippen LogP contribution in [-0.2, 0) is 9.47 Å². The van der Waals surface area contributed by atoms with Gasteiger partial charge in [-0.2, -0.15) is 0 Å². The van der Waals surface area contributed by atoms with E-state index in [-0.39, 0.29) is 5.79 Å². The molecule has 0 unspecified atom stereocenters. The van der Waals surface area contributed by atoms with Gasteiger partial charge in [0, 0.05) is 12.8 Å². The lowest BCUT2D eigenvalue weighted by Crippen LogP contribution is -2.30. The van der Waals surface area contributed by atoms with Crippen LogP contribution in [0.2, 0.25) is 0 Å². The molecule has 1 aliphatic heterocycles. The summed E-state index contributed by atoms with van der Waals surface area (Å²) in [5.41, 5.74) is 1.48. The normalized spacial score (nSPS) is 27.0. The lowest BCUT2D eigenvalue weighted by atomic mass is 9.96. The van der Waals surface area contributed by atoms with Crippen molar-refractivity contribution in [3.05, 3.63) is 12.2 Å². The Labute approximate surface area is 131 Å². The largest absolute Gasteiger partial charge is 0.348 e. The summed E-state index contributed by atoms with van der Waals surface area (Å²) in [6.45, 7) is 5.82. The molecule has 0 amide bonds. The van der Waals surface area contributed by atoms with E-state index in [9.17, 15) is 0 Å². The van der Waals surface area contributed by atoms with Gasteiger partial charge in [0.1, 0.15) is 0 Å². The Hall–Kier alpha value is -0.340. The molecular formula is C19H34O2. The highest BCUT2D eigenvalue weighted by atomic mass is 16.7. The van der Waals surface area contributed by atoms with E-state index in [2.05, 4.69) is 6.58 Å². The molecule has 1 heterocycles. The molecule has 2 rings (SSSR count). The van der Waals surface area contributed by atoms with Gasteiger partial charge < -0.3 is 9.47 Å². The first-order valence-corrected chi connectivity index (χ1v) is 9.25. The van der Waals surface area contributed by atoms with Gasteiger partial charge in [-0.25, -0.2) is 0 Å². The molecule has 1 saturated carbocycles. The predicted octanol–water partition coefficient (Wildman–Crippen LogP) is 5.76. The Morgan fingerprint density at radius 1 is 0.619 bits per heavy atom. The monoisotopic (exact) mass is 294 g/mol. The third-order valence-corrected chi connectivity index (χ3v) is 4.99. The van der Waals surface area contributed by atoms with Crippen LogP contribution in [-0.4, -0.2) is 19.0 Å². The molecule has 2 aliphatic rings. The number of allylic oxidation sites excluding steroid dienone is 1. The number of hydrogen-bond acceptors (Lipinski definition) is 2. The van der Waals surface area contributed by atoms with Crippen LogP contribution in [0, 0.1) is 0 Å². The maximum atomic E-state index is 5.97. The molecular weight excluding hydrogens is 260 g/mol. The molecule has 0 bridgehead atoms. The van der Waals surface area contributed by atoms with Gasteiger partial charge in [0.15, 0.2) is 5.79 Å². The Morgan fingerprint density at radius 2 is 1.05 bits per heavy atom. The number of ether oxygens (including phenoxy) is 2. The fourth-order valence-electron chi connectivity index (χ4n) is 3.64. The van der Waals surface area contributed by atoms with Crippen LogP contribution in [0.4, 0.5) is 0 Å². The average Bonchev–Trinajstić information content (AvgIpc) is 2.93. The molecule has 0 atom stereocenters. The average molecular weight is 294 g/mol. The summed E-state index contributed by atoms with van der Waals surface area (Å²) in [5, 5.41) is 0. The lowest BCUT2D eigenvalue weighted by molar-refractivity contribution is -0.168. The van der Waals surface area contributed by atoms with E-state index < -0.39 is 0 Å². The molecule has 0 aromatic carbocycles. The smallest absolute Gasteiger partial charge is 0.168 e. The highest BCUT2D eigenvalue weighted by Crippen LogP contribution is 2.32. The van der Waals surface area contributed by atoms with E-state index >= 15 is 0 Å². The minimum Gasteiger partial charge on any atom is -0.348 e. The van der Waals surface area contributed by atoms with E-state index in [4.69, 9.17) is 9.47 Å². The second-order valence-electron chi connectivity index (χ2n) is 6.89. The van der Waals surface area contributed by atoms with Gasteiger partial charge in [0.25, 0.3) is 0 Å². The molecule has 1 spiro atoms. The van der Waals surface area contributed by atoms with Crippen LogP contribution < -0.4 is 0 Å². The fraction of sp³-hybridized carbons (Fsp3) is 0.895. The molecule has 0 aromatic rings. The molecule has 2 fully saturated rings. The summed E-state index contributed by atoms with van der Waals surface area (Å²) in [6.07, 6.45) is 17.9. The highest BCUT2D eigenvalue weighted by Gasteiger charge is 2.35. The summed E-state index contributed by atoms with van der Waals surface area (Å²) in [4.78, 5) is 0. The van der Waals surface area contributed by atoms with Gasteiger partial charge in [-0.15, -0.1) is 0 Å². The number of rotatable bonds is 0. The van der Waals surface area contributed by atoms with E-state index in [1.165, 1.54) is 82.6 Å². The van der Waals surface area contributed by atoms with Gasteiger partial charge in [-0.05, 0) is 38.5 Å². The first-order valence-electron chi connectivity index (χ1n) is 9.25. The van der Waals surface area contributed by atoms with Gasteiger partial charge in [-0.3, -0.25) is 0 Å². The second-order valence-corrected chi connectivity index (χ2v) is 6.89. The van der Waals surface area contributed by atoms with Crippen LogP contribution in [0.25, 0.3) is 0 Å². The van der Waals surface area contributed by atoms with Crippen molar-refractivity contribution in [2.24, 2.45) is 0 Å². The van der Waals surface area contributed by atoms with Crippen molar-refractivity contribution in [2.75, 3.05) is 13.2 Å². The maximum absolute atomic E-state index is 5.97. The van der Waals surface area contributed by atoms with E-state index in [1.54, 1.807) is 0 Å². The highest BCUT2D eigenvalue weighted by molar-refractivity contribution is 4.93. The first-order chi connectivity index (χ1) is 10.3. The van der Waals surface area contributed by atoms with Gasteiger partial charge in [0.05, 0.1) is 13.2 Å². The van der Waals surface area contributed by atoms with E-state index in [0.29, 0.717) is 0 Å². The summed E-state index contributed by atoms with van der Waals surface area (Å²) in [5.74, 6) is -0.217. The van der Waals surface area contributed by atoms with Crippen LogP contribution in [0.1, 0.15) is 89.9 Å². The van der Waals surface area contributed by atoms with E-state index in [0.717, 1.165) is 26.1 Å². The topological polar surface area (TPSA) is 18.5 Å². The minimum atomic E-state index is -0.217. The zero-order chi connectivity index (χ0) is 14.8. The molecule has 0 radical (unpaired) electrons. The molecule has 0 aromatic heterocycles. The Morgan fingerprint density at radius 3 is 1.57 bits per heavy atom. The molecule has 2 heteroatoms. The molecule has 2 nitrogen and oxygen atoms in total.